The first kappa shape index (κ1) is 14.4. The number of rotatable bonds is 6. The number of methoxy groups -OCH3 is 1. The summed E-state index contributed by atoms with van der Waals surface area (Å²) in [5, 5.41) is 3.53. The maximum Gasteiger partial charge on any atom is 0.131 e. The van der Waals surface area contributed by atoms with Crippen molar-refractivity contribution in [2.45, 2.75) is 26.2 Å². The summed E-state index contributed by atoms with van der Waals surface area (Å²) in [5.41, 5.74) is 3.54. The van der Waals surface area contributed by atoms with Gasteiger partial charge in [0.25, 0.3) is 0 Å². The fraction of sp³-hybridized carbons (Fsp3) is 0.333. The normalized spacial score (nSPS) is 16.6. The van der Waals surface area contributed by atoms with Crippen LogP contribution in [0.5, 0.6) is 0 Å². The Kier molecular flexibility index (Phi) is 5.48. The molecule has 1 aromatic carbocycles. The van der Waals surface area contributed by atoms with Crippen molar-refractivity contribution in [1.82, 2.24) is 5.32 Å². The molecule has 1 aliphatic carbocycles. The van der Waals surface area contributed by atoms with E-state index in [-0.39, 0.29) is 0 Å². The van der Waals surface area contributed by atoms with Crippen molar-refractivity contribution in [2.75, 3.05) is 13.7 Å². The van der Waals surface area contributed by atoms with Crippen LogP contribution < -0.4 is 5.32 Å². The maximum atomic E-state index is 5.68. The number of unbranched alkanes of at least 4 members (excludes halogenated alkanes) is 1. The predicted molar refractivity (Wildman–Crippen MR) is 85.1 cm³/mol. The third-order valence-corrected chi connectivity index (χ3v) is 3.41. The summed E-state index contributed by atoms with van der Waals surface area (Å²) in [4.78, 5) is 0. The van der Waals surface area contributed by atoms with Crippen molar-refractivity contribution in [1.29, 1.82) is 0 Å². The molecular weight excluding hydrogens is 246 g/mol. The molecule has 1 aromatic rings. The molecule has 0 heterocycles. The highest BCUT2D eigenvalue weighted by atomic mass is 16.5. The van der Waals surface area contributed by atoms with E-state index in [1.807, 2.05) is 18.2 Å². The molecule has 2 heteroatoms. The van der Waals surface area contributed by atoms with E-state index in [1.165, 1.54) is 24.1 Å². The largest absolute Gasteiger partial charge is 0.496 e. The van der Waals surface area contributed by atoms with Gasteiger partial charge in [0.05, 0.1) is 7.11 Å². The minimum atomic E-state index is 0.906. The summed E-state index contributed by atoms with van der Waals surface area (Å²) < 4.78 is 5.68. The standard InChI is InChI=1S/C18H23NO/c1-3-4-14-19-17-13-9-8-12-16(17)18(20-2)15-10-6-5-7-11-15/h5-11,13,19H,3-4,12,14H2,1-2H3. The van der Waals surface area contributed by atoms with Crippen molar-refractivity contribution >= 4 is 5.76 Å². The van der Waals surface area contributed by atoms with E-state index >= 15 is 0 Å². The zero-order valence-corrected chi connectivity index (χ0v) is 12.4. The predicted octanol–water partition coefficient (Wildman–Crippen LogP) is 4.28. The molecule has 0 atom stereocenters. The van der Waals surface area contributed by atoms with Crippen LogP contribution in [0.15, 0.2) is 59.8 Å². The number of benzene rings is 1. The number of allylic oxidation sites excluding steroid dienone is 4. The SMILES string of the molecule is CCCCNC1=CC=CCC1=C(OC)c1ccccc1. The monoisotopic (exact) mass is 269 g/mol. The fourth-order valence-corrected chi connectivity index (χ4v) is 2.35. The molecule has 0 saturated heterocycles. The molecular formula is C18H23NO. The molecule has 1 aliphatic rings. The molecule has 0 aromatic heterocycles. The van der Waals surface area contributed by atoms with Crippen LogP contribution >= 0.6 is 0 Å². The molecule has 1 N–H and O–H groups in total. The number of ether oxygens (including phenoxy) is 1. The lowest BCUT2D eigenvalue weighted by Crippen LogP contribution is -2.18. The van der Waals surface area contributed by atoms with Crippen LogP contribution in [-0.2, 0) is 4.74 Å². The van der Waals surface area contributed by atoms with Crippen LogP contribution in [0.1, 0.15) is 31.7 Å². The van der Waals surface area contributed by atoms with Gasteiger partial charge in [-0.05, 0) is 18.9 Å². The summed E-state index contributed by atoms with van der Waals surface area (Å²) in [7, 11) is 1.75. The highest BCUT2D eigenvalue weighted by Gasteiger charge is 2.14. The maximum absolute atomic E-state index is 5.68. The second kappa shape index (κ2) is 7.59. The minimum absolute atomic E-state index is 0.906. The van der Waals surface area contributed by atoms with Crippen molar-refractivity contribution in [2.24, 2.45) is 0 Å². The van der Waals surface area contributed by atoms with Gasteiger partial charge in [0.2, 0.25) is 0 Å². The van der Waals surface area contributed by atoms with E-state index < -0.39 is 0 Å². The Balaban J connectivity index is 2.28. The molecule has 0 fully saturated rings. The summed E-state index contributed by atoms with van der Waals surface area (Å²) in [6.45, 7) is 3.21. The fourth-order valence-electron chi connectivity index (χ4n) is 2.35. The minimum Gasteiger partial charge on any atom is -0.496 e. The van der Waals surface area contributed by atoms with E-state index in [4.69, 9.17) is 4.74 Å². The average molecular weight is 269 g/mol. The molecule has 0 aliphatic heterocycles. The van der Waals surface area contributed by atoms with Crippen molar-refractivity contribution in [3.05, 3.63) is 65.4 Å². The van der Waals surface area contributed by atoms with Gasteiger partial charge in [0, 0.05) is 23.4 Å². The molecule has 106 valence electrons. The van der Waals surface area contributed by atoms with Gasteiger partial charge in [0.1, 0.15) is 5.76 Å². The second-order valence-corrected chi connectivity index (χ2v) is 4.87. The third kappa shape index (κ3) is 3.53. The Morgan fingerprint density at radius 1 is 1.25 bits per heavy atom. The van der Waals surface area contributed by atoms with Gasteiger partial charge >= 0.3 is 0 Å². The number of nitrogens with one attached hydrogen (secondary N) is 1. The Morgan fingerprint density at radius 2 is 2.05 bits per heavy atom. The Labute approximate surface area is 121 Å². The van der Waals surface area contributed by atoms with Crippen molar-refractivity contribution in [3.8, 4) is 0 Å². The zero-order valence-electron chi connectivity index (χ0n) is 12.4. The highest BCUT2D eigenvalue weighted by molar-refractivity contribution is 5.68. The first-order valence-corrected chi connectivity index (χ1v) is 7.30. The van der Waals surface area contributed by atoms with E-state index in [0.717, 1.165) is 24.3 Å². The van der Waals surface area contributed by atoms with Crippen LogP contribution in [0.3, 0.4) is 0 Å². The van der Waals surface area contributed by atoms with Gasteiger partial charge in [-0.3, -0.25) is 0 Å². The lowest BCUT2D eigenvalue weighted by Gasteiger charge is -2.20. The molecule has 0 amide bonds. The van der Waals surface area contributed by atoms with E-state index in [9.17, 15) is 0 Å². The molecule has 2 nitrogen and oxygen atoms in total. The lowest BCUT2D eigenvalue weighted by molar-refractivity contribution is 0.366. The second-order valence-electron chi connectivity index (χ2n) is 4.87. The summed E-state index contributed by atoms with van der Waals surface area (Å²) in [6, 6.07) is 10.3. The Bertz CT molecular complexity index is 511. The molecule has 0 saturated carbocycles. The summed E-state index contributed by atoms with van der Waals surface area (Å²) in [6.07, 6.45) is 9.70. The highest BCUT2D eigenvalue weighted by Crippen LogP contribution is 2.28. The average Bonchev–Trinajstić information content (AvgIpc) is 2.51. The molecule has 2 rings (SSSR count). The topological polar surface area (TPSA) is 21.3 Å². The molecule has 0 unspecified atom stereocenters. The molecule has 0 bridgehead atoms. The van der Waals surface area contributed by atoms with Crippen molar-refractivity contribution < 1.29 is 4.74 Å². The third-order valence-electron chi connectivity index (χ3n) is 3.41. The molecule has 0 spiro atoms. The number of hydrogen-bond acceptors (Lipinski definition) is 2. The van der Waals surface area contributed by atoms with Crippen LogP contribution in [-0.4, -0.2) is 13.7 Å². The van der Waals surface area contributed by atoms with Crippen LogP contribution in [0, 0.1) is 0 Å². The first-order chi connectivity index (χ1) is 9.86. The number of hydrogen-bond donors (Lipinski definition) is 1. The quantitative estimate of drug-likeness (QED) is 0.615. The lowest BCUT2D eigenvalue weighted by atomic mass is 9.98. The zero-order chi connectivity index (χ0) is 14.2. The first-order valence-electron chi connectivity index (χ1n) is 7.30. The van der Waals surface area contributed by atoms with Gasteiger partial charge in [-0.25, -0.2) is 0 Å². The van der Waals surface area contributed by atoms with Gasteiger partial charge in [-0.15, -0.1) is 0 Å². The Hall–Kier alpha value is -1.96. The van der Waals surface area contributed by atoms with E-state index in [2.05, 4.69) is 42.6 Å². The van der Waals surface area contributed by atoms with Gasteiger partial charge in [0.15, 0.2) is 0 Å². The van der Waals surface area contributed by atoms with E-state index in [0.29, 0.717) is 0 Å². The van der Waals surface area contributed by atoms with E-state index in [1.54, 1.807) is 7.11 Å². The van der Waals surface area contributed by atoms with Gasteiger partial charge in [-0.1, -0.05) is 55.8 Å². The smallest absolute Gasteiger partial charge is 0.131 e. The molecule has 0 radical (unpaired) electrons. The Morgan fingerprint density at radius 3 is 2.75 bits per heavy atom. The van der Waals surface area contributed by atoms with Gasteiger partial charge < -0.3 is 10.1 Å². The van der Waals surface area contributed by atoms with Crippen molar-refractivity contribution in [3.63, 3.8) is 0 Å². The van der Waals surface area contributed by atoms with Crippen LogP contribution in [0.2, 0.25) is 0 Å². The summed E-state index contributed by atoms with van der Waals surface area (Å²) in [5.74, 6) is 0.963. The van der Waals surface area contributed by atoms with Gasteiger partial charge in [-0.2, -0.15) is 0 Å². The molecule has 20 heavy (non-hydrogen) atoms. The summed E-state index contributed by atoms with van der Waals surface area (Å²) >= 11 is 0. The van der Waals surface area contributed by atoms with Crippen LogP contribution in [0.25, 0.3) is 5.76 Å². The van der Waals surface area contributed by atoms with Crippen LogP contribution in [0.4, 0.5) is 0 Å².